The summed E-state index contributed by atoms with van der Waals surface area (Å²) in [5.41, 5.74) is 2.71. The molecule has 0 heterocycles. The fourth-order valence-electron chi connectivity index (χ4n) is 2.48. The highest BCUT2D eigenvalue weighted by atomic mass is 35.5. The largest absolute Gasteiger partial charge is 0.465 e. The molecule has 0 aliphatic rings. The number of ether oxygens (including phenoxy) is 1. The minimum atomic E-state index is -3.69. The SMILES string of the molecule is COC(=O)c1cc(NC(=O)CN(c2ccc(C)c(C)c2)S(C)(=O)=O)ccc1Cl. The number of sulfonamides is 1. The number of hydrogen-bond donors (Lipinski definition) is 1. The zero-order valence-electron chi connectivity index (χ0n) is 15.9. The molecule has 9 heteroatoms. The van der Waals surface area contributed by atoms with Crippen LogP contribution < -0.4 is 9.62 Å². The van der Waals surface area contributed by atoms with Crippen molar-refractivity contribution in [2.24, 2.45) is 0 Å². The molecular weight excluding hydrogens is 404 g/mol. The number of hydrogen-bond acceptors (Lipinski definition) is 5. The van der Waals surface area contributed by atoms with E-state index in [0.717, 1.165) is 21.7 Å². The Kier molecular flexibility index (Phi) is 6.69. The Hall–Kier alpha value is -2.58. The number of methoxy groups -OCH3 is 1. The predicted octanol–water partition coefficient (Wildman–Crippen LogP) is 3.15. The van der Waals surface area contributed by atoms with E-state index in [-0.39, 0.29) is 10.6 Å². The third kappa shape index (κ3) is 5.24. The average molecular weight is 425 g/mol. The lowest BCUT2D eigenvalue weighted by Gasteiger charge is -2.22. The Morgan fingerprint density at radius 3 is 2.36 bits per heavy atom. The minimum absolute atomic E-state index is 0.0936. The maximum Gasteiger partial charge on any atom is 0.339 e. The number of carbonyl (C=O) groups is 2. The predicted molar refractivity (Wildman–Crippen MR) is 110 cm³/mol. The van der Waals surface area contributed by atoms with Crippen LogP contribution in [0.15, 0.2) is 36.4 Å². The fourth-order valence-corrected chi connectivity index (χ4v) is 3.52. The van der Waals surface area contributed by atoms with Crippen molar-refractivity contribution in [1.82, 2.24) is 0 Å². The molecule has 2 aromatic rings. The van der Waals surface area contributed by atoms with Gasteiger partial charge in [0, 0.05) is 5.69 Å². The molecule has 28 heavy (non-hydrogen) atoms. The summed E-state index contributed by atoms with van der Waals surface area (Å²) in [5, 5.41) is 2.75. The molecule has 0 radical (unpaired) electrons. The smallest absolute Gasteiger partial charge is 0.339 e. The van der Waals surface area contributed by atoms with Crippen LogP contribution >= 0.6 is 11.6 Å². The maximum atomic E-state index is 12.5. The van der Waals surface area contributed by atoms with Crippen molar-refractivity contribution < 1.29 is 22.7 Å². The number of carbonyl (C=O) groups excluding carboxylic acids is 2. The van der Waals surface area contributed by atoms with Crippen LogP contribution in [-0.2, 0) is 19.6 Å². The van der Waals surface area contributed by atoms with E-state index in [0.29, 0.717) is 11.4 Å². The van der Waals surface area contributed by atoms with Crippen LogP contribution in [0.2, 0.25) is 5.02 Å². The van der Waals surface area contributed by atoms with E-state index in [1.165, 1.54) is 25.3 Å². The molecule has 0 atom stereocenters. The Morgan fingerprint density at radius 2 is 1.79 bits per heavy atom. The van der Waals surface area contributed by atoms with Crippen LogP contribution in [0.4, 0.5) is 11.4 Å². The standard InChI is InChI=1S/C19H21ClN2O5S/c1-12-5-7-15(9-13(12)2)22(28(4,25)26)11-18(23)21-14-6-8-17(20)16(10-14)19(24)27-3/h5-10H,11H2,1-4H3,(H,21,23). The van der Waals surface area contributed by atoms with Gasteiger partial charge in [0.25, 0.3) is 0 Å². The number of halogens is 1. The van der Waals surface area contributed by atoms with E-state index in [4.69, 9.17) is 11.6 Å². The van der Waals surface area contributed by atoms with Crippen LogP contribution in [0.5, 0.6) is 0 Å². The number of nitrogens with one attached hydrogen (secondary N) is 1. The molecule has 0 unspecified atom stereocenters. The first-order valence-electron chi connectivity index (χ1n) is 8.25. The first-order chi connectivity index (χ1) is 13.0. The lowest BCUT2D eigenvalue weighted by molar-refractivity contribution is -0.114. The Morgan fingerprint density at radius 1 is 1.11 bits per heavy atom. The molecular formula is C19H21ClN2O5S. The van der Waals surface area contributed by atoms with Crippen molar-refractivity contribution in [3.63, 3.8) is 0 Å². The summed E-state index contributed by atoms with van der Waals surface area (Å²) in [5.74, 6) is -1.21. The Labute approximate surface area is 169 Å². The molecule has 150 valence electrons. The van der Waals surface area contributed by atoms with E-state index in [1.807, 2.05) is 13.8 Å². The lowest BCUT2D eigenvalue weighted by Crippen LogP contribution is -2.37. The molecule has 0 aromatic heterocycles. The molecule has 2 aromatic carbocycles. The second-order valence-electron chi connectivity index (χ2n) is 6.27. The summed E-state index contributed by atoms with van der Waals surface area (Å²) in [6.45, 7) is 3.36. The molecule has 0 saturated carbocycles. The van der Waals surface area contributed by atoms with Gasteiger partial charge >= 0.3 is 5.97 Å². The Bertz CT molecular complexity index is 1020. The first kappa shape index (κ1) is 21.7. The van der Waals surface area contributed by atoms with Gasteiger partial charge in [0.1, 0.15) is 6.54 Å². The average Bonchev–Trinajstić information content (AvgIpc) is 2.62. The summed E-state index contributed by atoms with van der Waals surface area (Å²) in [7, 11) is -2.47. The highest BCUT2D eigenvalue weighted by Crippen LogP contribution is 2.23. The van der Waals surface area contributed by atoms with Crippen LogP contribution in [0.25, 0.3) is 0 Å². The highest BCUT2D eigenvalue weighted by Gasteiger charge is 2.22. The quantitative estimate of drug-likeness (QED) is 0.719. The van der Waals surface area contributed by atoms with Crippen molar-refractivity contribution in [2.45, 2.75) is 13.8 Å². The van der Waals surface area contributed by atoms with Crippen molar-refractivity contribution in [3.8, 4) is 0 Å². The number of anilines is 2. The van der Waals surface area contributed by atoms with E-state index in [2.05, 4.69) is 10.1 Å². The van der Waals surface area contributed by atoms with Crippen molar-refractivity contribution in [3.05, 3.63) is 58.1 Å². The lowest BCUT2D eigenvalue weighted by atomic mass is 10.1. The summed E-state index contributed by atoms with van der Waals surface area (Å²) in [6, 6.07) is 9.47. The molecule has 1 amide bonds. The van der Waals surface area contributed by atoms with Crippen LogP contribution in [0, 0.1) is 13.8 Å². The van der Waals surface area contributed by atoms with Gasteiger partial charge < -0.3 is 10.1 Å². The van der Waals surface area contributed by atoms with E-state index in [9.17, 15) is 18.0 Å². The van der Waals surface area contributed by atoms with Crippen molar-refractivity contribution in [2.75, 3.05) is 29.5 Å². The zero-order valence-corrected chi connectivity index (χ0v) is 17.5. The zero-order chi connectivity index (χ0) is 21.1. The number of amides is 1. The summed E-state index contributed by atoms with van der Waals surface area (Å²) in [6.07, 6.45) is 1.03. The van der Waals surface area contributed by atoms with Gasteiger partial charge in [0.2, 0.25) is 15.9 Å². The van der Waals surface area contributed by atoms with Crippen molar-refractivity contribution in [1.29, 1.82) is 0 Å². The Balaban J connectivity index is 2.25. The van der Waals surface area contributed by atoms with Gasteiger partial charge in [-0.2, -0.15) is 0 Å². The van der Waals surface area contributed by atoms with Gasteiger partial charge in [0.15, 0.2) is 0 Å². The third-order valence-electron chi connectivity index (χ3n) is 4.12. The summed E-state index contributed by atoms with van der Waals surface area (Å²) >= 11 is 5.96. The number of rotatable bonds is 6. The molecule has 0 bridgehead atoms. The molecule has 0 aliphatic heterocycles. The minimum Gasteiger partial charge on any atom is -0.465 e. The fraction of sp³-hybridized carbons (Fsp3) is 0.263. The second-order valence-corrected chi connectivity index (χ2v) is 8.59. The first-order valence-corrected chi connectivity index (χ1v) is 10.5. The molecule has 0 aliphatic carbocycles. The summed E-state index contributed by atoms with van der Waals surface area (Å²) in [4.78, 5) is 24.2. The normalized spacial score (nSPS) is 11.0. The molecule has 2 rings (SSSR count). The van der Waals surface area contributed by atoms with E-state index in [1.54, 1.807) is 18.2 Å². The van der Waals surface area contributed by atoms with Gasteiger partial charge in [-0.05, 0) is 55.3 Å². The number of aryl methyl sites for hydroxylation is 2. The molecule has 0 spiro atoms. The highest BCUT2D eigenvalue weighted by molar-refractivity contribution is 7.92. The molecule has 7 nitrogen and oxygen atoms in total. The van der Waals surface area contributed by atoms with Crippen LogP contribution in [-0.4, -0.2) is 40.2 Å². The van der Waals surface area contributed by atoms with E-state index < -0.39 is 28.4 Å². The number of esters is 1. The number of benzene rings is 2. The van der Waals surface area contributed by atoms with Crippen LogP contribution in [0.1, 0.15) is 21.5 Å². The van der Waals surface area contributed by atoms with Gasteiger partial charge in [-0.1, -0.05) is 17.7 Å². The monoisotopic (exact) mass is 424 g/mol. The molecule has 0 fully saturated rings. The van der Waals surface area contributed by atoms with Gasteiger partial charge in [-0.25, -0.2) is 13.2 Å². The summed E-state index contributed by atoms with van der Waals surface area (Å²) < 4.78 is 30.1. The molecule has 0 saturated heterocycles. The topological polar surface area (TPSA) is 92.8 Å². The van der Waals surface area contributed by atoms with Gasteiger partial charge in [0.05, 0.1) is 29.6 Å². The maximum absolute atomic E-state index is 12.5. The third-order valence-corrected chi connectivity index (χ3v) is 5.59. The van der Waals surface area contributed by atoms with E-state index >= 15 is 0 Å². The van der Waals surface area contributed by atoms with Crippen LogP contribution in [0.3, 0.4) is 0 Å². The molecule has 1 N–H and O–H groups in total. The van der Waals surface area contributed by atoms with Gasteiger partial charge in [-0.15, -0.1) is 0 Å². The second kappa shape index (κ2) is 8.62. The van der Waals surface area contributed by atoms with Crippen molar-refractivity contribution >= 4 is 44.9 Å². The van der Waals surface area contributed by atoms with Gasteiger partial charge in [-0.3, -0.25) is 9.10 Å². The number of nitrogens with zero attached hydrogens (tertiary/aromatic N) is 1.